The zero-order chi connectivity index (χ0) is 30.4. The summed E-state index contributed by atoms with van der Waals surface area (Å²) in [6.07, 6.45) is -0.371. The number of hydrogen-bond donors (Lipinski definition) is 3. The van der Waals surface area contributed by atoms with E-state index in [0.717, 1.165) is 5.56 Å². The maximum absolute atomic E-state index is 13.5. The molecular formula is C31H37N3O7S. The molecule has 0 unspecified atom stereocenters. The Morgan fingerprint density at radius 3 is 2.45 bits per heavy atom. The van der Waals surface area contributed by atoms with Gasteiger partial charge in [-0.15, -0.1) is 0 Å². The van der Waals surface area contributed by atoms with Crippen LogP contribution in [0.1, 0.15) is 35.3 Å². The Balaban J connectivity index is 1.60. The molecule has 224 valence electrons. The second-order valence-corrected chi connectivity index (χ2v) is 12.5. The number of amides is 1. The van der Waals surface area contributed by atoms with E-state index in [9.17, 15) is 28.2 Å². The van der Waals surface area contributed by atoms with E-state index >= 15 is 0 Å². The molecule has 3 aromatic carbocycles. The van der Waals surface area contributed by atoms with Gasteiger partial charge >= 0.3 is 5.97 Å². The van der Waals surface area contributed by atoms with E-state index < -0.39 is 22.0 Å². The number of hydrogen-bond acceptors (Lipinski definition) is 7. The van der Waals surface area contributed by atoms with Crippen LogP contribution in [0, 0.1) is 5.92 Å². The molecule has 0 saturated heterocycles. The maximum Gasteiger partial charge on any atom is 0.335 e. The number of aliphatic hydroxyl groups excluding tert-OH is 1. The number of likely N-dealkylation sites (N-methyl/N-ethyl adjacent to an activating group) is 1. The van der Waals surface area contributed by atoms with Crippen molar-refractivity contribution in [2.45, 2.75) is 43.9 Å². The van der Waals surface area contributed by atoms with Gasteiger partial charge in [0, 0.05) is 36.8 Å². The molecule has 0 aliphatic carbocycles. The molecule has 42 heavy (non-hydrogen) atoms. The van der Waals surface area contributed by atoms with Crippen molar-refractivity contribution in [2.75, 3.05) is 31.5 Å². The summed E-state index contributed by atoms with van der Waals surface area (Å²) in [6, 6.07) is 19.3. The molecule has 10 nitrogen and oxygen atoms in total. The average molecular weight is 596 g/mol. The van der Waals surface area contributed by atoms with Gasteiger partial charge in [0.1, 0.15) is 11.9 Å². The first kappa shape index (κ1) is 31.0. The predicted octanol–water partition coefficient (Wildman–Crippen LogP) is 3.47. The fourth-order valence-corrected chi connectivity index (χ4v) is 6.03. The summed E-state index contributed by atoms with van der Waals surface area (Å²) in [7, 11) is -1.90. The number of nitrogens with zero attached hydrogens (tertiary/aromatic N) is 2. The van der Waals surface area contributed by atoms with Crippen LogP contribution in [0.2, 0.25) is 0 Å². The van der Waals surface area contributed by atoms with E-state index in [1.54, 1.807) is 72.5 Å². The van der Waals surface area contributed by atoms with Crippen molar-refractivity contribution in [3.05, 3.63) is 89.5 Å². The Kier molecular flexibility index (Phi) is 9.87. The Morgan fingerprint density at radius 1 is 1.12 bits per heavy atom. The van der Waals surface area contributed by atoms with Crippen molar-refractivity contribution in [1.29, 1.82) is 0 Å². The maximum atomic E-state index is 13.5. The summed E-state index contributed by atoms with van der Waals surface area (Å²) < 4.78 is 35.0. The van der Waals surface area contributed by atoms with Crippen molar-refractivity contribution in [3.8, 4) is 5.75 Å². The monoisotopic (exact) mass is 595 g/mol. The van der Waals surface area contributed by atoms with Gasteiger partial charge in [0.15, 0.2) is 0 Å². The molecule has 0 radical (unpaired) electrons. The highest BCUT2D eigenvalue weighted by Gasteiger charge is 2.31. The number of carboxylic acid groups (broad SMARTS) is 1. The van der Waals surface area contributed by atoms with E-state index in [-0.39, 0.29) is 41.4 Å². The molecule has 1 heterocycles. The van der Waals surface area contributed by atoms with Gasteiger partial charge in [-0.3, -0.25) is 14.4 Å². The third-order valence-corrected chi connectivity index (χ3v) is 8.76. The van der Waals surface area contributed by atoms with Crippen molar-refractivity contribution in [1.82, 2.24) is 9.80 Å². The van der Waals surface area contributed by atoms with Crippen molar-refractivity contribution in [3.63, 3.8) is 0 Å². The highest BCUT2D eigenvalue weighted by Crippen LogP contribution is 2.30. The van der Waals surface area contributed by atoms with Crippen molar-refractivity contribution >= 4 is 27.6 Å². The minimum Gasteiger partial charge on any atom is -0.488 e. The van der Waals surface area contributed by atoms with Gasteiger partial charge in [-0.1, -0.05) is 37.3 Å². The topological polar surface area (TPSA) is 136 Å². The normalized spacial score (nSPS) is 18.3. The molecule has 0 bridgehead atoms. The van der Waals surface area contributed by atoms with E-state index in [0.29, 0.717) is 36.6 Å². The van der Waals surface area contributed by atoms with E-state index in [4.69, 9.17) is 4.74 Å². The second-order valence-electron chi connectivity index (χ2n) is 10.8. The first-order valence-corrected chi connectivity index (χ1v) is 15.2. The van der Waals surface area contributed by atoms with Crippen LogP contribution in [0.4, 0.5) is 5.69 Å². The zero-order valence-corrected chi connectivity index (χ0v) is 24.8. The molecule has 1 amide bonds. The summed E-state index contributed by atoms with van der Waals surface area (Å²) >= 11 is 0. The van der Waals surface area contributed by atoms with Gasteiger partial charge in [0.2, 0.25) is 5.91 Å². The minimum absolute atomic E-state index is 0.0220. The number of sulfonamides is 1. The number of anilines is 1. The number of nitrogens with one attached hydrogen (secondary N) is 1. The SMILES string of the molecule is C[C@@H]1CN([C@@H](C)CO)C(=O)Cc2cc(NS(=O)(=O)c3ccccc3)ccc2O[C@@H]1CN(C)Cc1ccc(C(=O)O)cc1. The Morgan fingerprint density at radius 2 is 1.81 bits per heavy atom. The molecule has 4 rings (SSSR count). The fourth-order valence-electron chi connectivity index (χ4n) is 4.96. The number of aromatic carboxylic acids is 1. The highest BCUT2D eigenvalue weighted by molar-refractivity contribution is 7.92. The summed E-state index contributed by atoms with van der Waals surface area (Å²) in [5.74, 6) is -0.792. The van der Waals surface area contributed by atoms with Gasteiger partial charge in [-0.2, -0.15) is 0 Å². The first-order valence-electron chi connectivity index (χ1n) is 13.8. The second kappa shape index (κ2) is 13.4. The number of carbonyl (C=O) groups is 2. The van der Waals surface area contributed by atoms with Crippen LogP contribution < -0.4 is 9.46 Å². The number of carboxylic acids is 1. The molecule has 0 aromatic heterocycles. The lowest BCUT2D eigenvalue weighted by atomic mass is 10.0. The quantitative estimate of drug-likeness (QED) is 0.324. The number of benzene rings is 3. The Bertz CT molecular complexity index is 1500. The molecule has 0 saturated carbocycles. The number of carbonyl (C=O) groups excluding carboxylic acids is 1. The van der Waals surface area contributed by atoms with Crippen LogP contribution in [0.3, 0.4) is 0 Å². The average Bonchev–Trinajstić information content (AvgIpc) is 3.00. The zero-order valence-electron chi connectivity index (χ0n) is 23.9. The van der Waals surface area contributed by atoms with Crippen LogP contribution in [-0.2, 0) is 27.8 Å². The van der Waals surface area contributed by atoms with E-state index in [1.165, 1.54) is 12.1 Å². The van der Waals surface area contributed by atoms with Gasteiger partial charge in [0.25, 0.3) is 10.0 Å². The van der Waals surface area contributed by atoms with Crippen molar-refractivity contribution in [2.24, 2.45) is 5.92 Å². The number of aliphatic hydroxyl groups is 1. The summed E-state index contributed by atoms with van der Waals surface area (Å²) in [6.45, 7) is 5.01. The number of fused-ring (bicyclic) bond motifs is 1. The standard InChI is InChI=1S/C31H37N3O7S/c1-21-17-34(22(2)20-35)30(36)16-25-15-26(32-42(39,40)27-7-5-4-6-8-27)13-14-28(25)41-29(21)19-33(3)18-23-9-11-24(12-10-23)31(37)38/h4-15,21-22,29,32,35H,16-20H2,1-3H3,(H,37,38)/t21-,22+,29-/m1/s1. The van der Waals surface area contributed by atoms with E-state index in [1.807, 2.05) is 14.0 Å². The lowest BCUT2D eigenvalue weighted by molar-refractivity contribution is -0.134. The predicted molar refractivity (Wildman–Crippen MR) is 159 cm³/mol. The van der Waals surface area contributed by atoms with E-state index in [2.05, 4.69) is 9.62 Å². The Labute approximate surface area is 246 Å². The fraction of sp³-hybridized carbons (Fsp3) is 0.355. The van der Waals surface area contributed by atoms with Gasteiger partial charge < -0.3 is 19.8 Å². The molecule has 1 aliphatic heterocycles. The molecule has 11 heteroatoms. The van der Waals surface area contributed by atoms with Crippen LogP contribution in [0.5, 0.6) is 5.75 Å². The molecule has 0 spiro atoms. The number of rotatable bonds is 10. The number of ether oxygens (including phenoxy) is 1. The molecule has 3 aromatic rings. The minimum atomic E-state index is -3.84. The highest BCUT2D eigenvalue weighted by atomic mass is 32.2. The van der Waals surface area contributed by atoms with Crippen molar-refractivity contribution < 1.29 is 33.0 Å². The molecule has 0 fully saturated rings. The summed E-state index contributed by atoms with van der Waals surface area (Å²) in [4.78, 5) is 28.5. The third kappa shape index (κ3) is 7.67. The smallest absolute Gasteiger partial charge is 0.335 e. The third-order valence-electron chi connectivity index (χ3n) is 7.37. The lowest BCUT2D eigenvalue weighted by Crippen LogP contribution is -2.47. The molecular weight excluding hydrogens is 558 g/mol. The molecule has 1 aliphatic rings. The molecule has 3 atom stereocenters. The largest absolute Gasteiger partial charge is 0.488 e. The van der Waals surface area contributed by atoms with Gasteiger partial charge in [0.05, 0.1) is 29.5 Å². The van der Waals surface area contributed by atoms with Crippen LogP contribution in [0.15, 0.2) is 77.7 Å². The lowest BCUT2D eigenvalue weighted by Gasteiger charge is -2.34. The summed E-state index contributed by atoms with van der Waals surface area (Å²) in [5.41, 5.74) is 2.01. The van der Waals surface area contributed by atoms with Gasteiger partial charge in [-0.05, 0) is 62.0 Å². The molecule has 3 N–H and O–H groups in total. The van der Waals surface area contributed by atoms with Crippen LogP contribution in [-0.4, -0.2) is 79.2 Å². The van der Waals surface area contributed by atoms with Crippen LogP contribution >= 0.6 is 0 Å². The van der Waals surface area contributed by atoms with Gasteiger partial charge in [-0.25, -0.2) is 13.2 Å². The van der Waals surface area contributed by atoms with Crippen LogP contribution in [0.25, 0.3) is 0 Å². The first-order chi connectivity index (χ1) is 20.0. The Hall–Kier alpha value is -3.93. The summed E-state index contributed by atoms with van der Waals surface area (Å²) in [5, 5.41) is 19.1.